The van der Waals surface area contributed by atoms with Crippen LogP contribution in [0.25, 0.3) is 0 Å². The van der Waals surface area contributed by atoms with Crippen molar-refractivity contribution in [2.75, 3.05) is 59.4 Å². The maximum Gasteiger partial charge on any atom is 0.246 e. The summed E-state index contributed by atoms with van der Waals surface area (Å²) in [4.78, 5) is 16.7. The van der Waals surface area contributed by atoms with Crippen molar-refractivity contribution in [1.82, 2.24) is 20.4 Å². The van der Waals surface area contributed by atoms with E-state index in [1.807, 2.05) is 6.92 Å². The first-order valence-corrected chi connectivity index (χ1v) is 7.25. The van der Waals surface area contributed by atoms with Gasteiger partial charge in [-0.1, -0.05) is 0 Å². The average Bonchev–Trinajstić information content (AvgIpc) is 2.34. The monoisotopic (exact) mass is 266 g/mol. The molecule has 19 heavy (non-hydrogen) atoms. The van der Waals surface area contributed by atoms with E-state index in [4.69, 9.17) is 0 Å². The first-order valence-electron chi connectivity index (χ1n) is 7.25. The summed E-state index contributed by atoms with van der Waals surface area (Å²) in [5.74, 6) is 0.106. The Morgan fingerprint density at radius 1 is 1.26 bits per heavy atom. The van der Waals surface area contributed by atoms with Crippen LogP contribution >= 0.6 is 0 Å². The van der Waals surface area contributed by atoms with E-state index in [2.05, 4.69) is 27.5 Å². The Kier molecular flexibility index (Phi) is 5.36. The number of carbonyl (C=O) groups excluding carboxylic acids is 1. The lowest BCUT2D eigenvalue weighted by molar-refractivity contribution is -0.117. The molecule has 0 spiro atoms. The van der Waals surface area contributed by atoms with Gasteiger partial charge in [-0.15, -0.1) is 0 Å². The minimum Gasteiger partial charge on any atom is -0.352 e. The lowest BCUT2D eigenvalue weighted by Gasteiger charge is -2.32. The first-order chi connectivity index (χ1) is 9.16. The van der Waals surface area contributed by atoms with Crippen LogP contribution in [0.2, 0.25) is 0 Å². The van der Waals surface area contributed by atoms with Gasteiger partial charge in [-0.25, -0.2) is 0 Å². The third-order valence-electron chi connectivity index (χ3n) is 4.08. The summed E-state index contributed by atoms with van der Waals surface area (Å²) in [7, 11) is 2.17. The van der Waals surface area contributed by atoms with Crippen molar-refractivity contribution in [3.05, 3.63) is 11.1 Å². The molecule has 0 unspecified atom stereocenters. The molecule has 2 fully saturated rings. The normalized spacial score (nSPS) is 21.1. The predicted octanol–water partition coefficient (Wildman–Crippen LogP) is -0.340. The van der Waals surface area contributed by atoms with Gasteiger partial charge < -0.3 is 20.4 Å². The third-order valence-corrected chi connectivity index (χ3v) is 4.08. The number of hydrogen-bond donors (Lipinski definition) is 2. The van der Waals surface area contributed by atoms with Gasteiger partial charge in [0.2, 0.25) is 5.91 Å². The van der Waals surface area contributed by atoms with Crippen molar-refractivity contribution in [3.63, 3.8) is 0 Å². The molecule has 0 aromatic heterocycles. The second-order valence-corrected chi connectivity index (χ2v) is 5.59. The molecule has 108 valence electrons. The van der Waals surface area contributed by atoms with Crippen LogP contribution in [0.15, 0.2) is 11.1 Å². The molecule has 5 heteroatoms. The van der Waals surface area contributed by atoms with E-state index in [1.54, 1.807) is 0 Å². The fourth-order valence-corrected chi connectivity index (χ4v) is 2.38. The van der Waals surface area contributed by atoms with Crippen molar-refractivity contribution in [3.8, 4) is 0 Å². The Morgan fingerprint density at radius 2 is 1.95 bits per heavy atom. The van der Waals surface area contributed by atoms with Crippen molar-refractivity contribution in [2.45, 2.75) is 13.3 Å². The molecule has 2 heterocycles. The second kappa shape index (κ2) is 7.03. The van der Waals surface area contributed by atoms with Gasteiger partial charge >= 0.3 is 0 Å². The van der Waals surface area contributed by atoms with Gasteiger partial charge in [0.05, 0.1) is 0 Å². The summed E-state index contributed by atoms with van der Waals surface area (Å²) in [5, 5.41) is 6.18. The van der Waals surface area contributed by atoms with E-state index in [9.17, 15) is 4.79 Å². The van der Waals surface area contributed by atoms with Crippen LogP contribution in [0.4, 0.5) is 0 Å². The smallest absolute Gasteiger partial charge is 0.246 e. The number of likely N-dealkylation sites (N-methyl/N-ethyl adjacent to an activating group) is 1. The number of hydrogen-bond acceptors (Lipinski definition) is 4. The summed E-state index contributed by atoms with van der Waals surface area (Å²) in [5.41, 5.74) is 2.15. The van der Waals surface area contributed by atoms with Crippen LogP contribution in [0.1, 0.15) is 13.3 Å². The van der Waals surface area contributed by atoms with Gasteiger partial charge in [0.25, 0.3) is 0 Å². The molecule has 0 aromatic rings. The molecule has 0 saturated carbocycles. The summed E-state index contributed by atoms with van der Waals surface area (Å²) < 4.78 is 0. The zero-order valence-corrected chi connectivity index (χ0v) is 12.2. The SMILES string of the molecule is CC(C(=O)NCCCN1CCN(C)CC1)=C1CNC1. The quantitative estimate of drug-likeness (QED) is 0.528. The highest BCUT2D eigenvalue weighted by atomic mass is 16.1. The largest absolute Gasteiger partial charge is 0.352 e. The summed E-state index contributed by atoms with van der Waals surface area (Å²) in [6.45, 7) is 10.2. The van der Waals surface area contributed by atoms with Gasteiger partial charge in [0, 0.05) is 51.4 Å². The van der Waals surface area contributed by atoms with Crippen molar-refractivity contribution in [2.24, 2.45) is 0 Å². The fraction of sp³-hybridized carbons (Fsp3) is 0.786. The van der Waals surface area contributed by atoms with E-state index in [-0.39, 0.29) is 5.91 Å². The Bertz CT molecular complexity index is 339. The maximum atomic E-state index is 11.9. The Labute approximate surface area is 116 Å². The lowest BCUT2D eigenvalue weighted by atomic mass is 10.0. The topological polar surface area (TPSA) is 47.6 Å². The van der Waals surface area contributed by atoms with Crippen LogP contribution < -0.4 is 10.6 Å². The van der Waals surface area contributed by atoms with Gasteiger partial charge in [-0.05, 0) is 32.5 Å². The average molecular weight is 266 g/mol. The van der Waals surface area contributed by atoms with Crippen LogP contribution in [0, 0.1) is 0 Å². The third kappa shape index (κ3) is 4.30. The minimum absolute atomic E-state index is 0.106. The Balaban J connectivity index is 1.58. The molecule has 2 N–H and O–H groups in total. The summed E-state index contributed by atoms with van der Waals surface area (Å²) >= 11 is 0. The standard InChI is InChI=1S/C14H26N4O/c1-12(13-10-15-11-13)14(19)16-4-3-5-18-8-6-17(2)7-9-18/h15H,3-11H2,1-2H3,(H,16,19). The van der Waals surface area contributed by atoms with Gasteiger partial charge in [-0.3, -0.25) is 4.79 Å². The van der Waals surface area contributed by atoms with Crippen molar-refractivity contribution in [1.29, 1.82) is 0 Å². The zero-order valence-electron chi connectivity index (χ0n) is 12.2. The van der Waals surface area contributed by atoms with Gasteiger partial charge in [-0.2, -0.15) is 0 Å². The summed E-state index contributed by atoms with van der Waals surface area (Å²) in [6, 6.07) is 0. The second-order valence-electron chi connectivity index (χ2n) is 5.59. The summed E-state index contributed by atoms with van der Waals surface area (Å²) in [6.07, 6.45) is 1.04. The molecule has 2 saturated heterocycles. The number of amides is 1. The van der Waals surface area contributed by atoms with Crippen LogP contribution in [-0.4, -0.2) is 75.1 Å². The Morgan fingerprint density at radius 3 is 2.53 bits per heavy atom. The maximum absolute atomic E-state index is 11.9. The molecule has 2 rings (SSSR count). The number of nitrogens with one attached hydrogen (secondary N) is 2. The molecule has 2 aliphatic heterocycles. The number of nitrogens with zero attached hydrogens (tertiary/aromatic N) is 2. The van der Waals surface area contributed by atoms with Crippen LogP contribution in [-0.2, 0) is 4.79 Å². The van der Waals surface area contributed by atoms with Crippen LogP contribution in [0.3, 0.4) is 0 Å². The van der Waals surface area contributed by atoms with Crippen molar-refractivity contribution >= 4 is 5.91 Å². The van der Waals surface area contributed by atoms with Gasteiger partial charge in [0.1, 0.15) is 0 Å². The highest BCUT2D eigenvalue weighted by molar-refractivity contribution is 5.93. The van der Waals surface area contributed by atoms with E-state index in [1.165, 1.54) is 5.57 Å². The molecule has 0 atom stereocenters. The number of piperazine rings is 1. The number of carbonyl (C=O) groups is 1. The molecule has 1 amide bonds. The predicted molar refractivity (Wildman–Crippen MR) is 77.1 cm³/mol. The molecule has 0 aromatic carbocycles. The molecule has 2 aliphatic rings. The molecular formula is C14H26N4O. The molecule has 0 radical (unpaired) electrons. The van der Waals surface area contributed by atoms with E-state index < -0.39 is 0 Å². The highest BCUT2D eigenvalue weighted by Gasteiger charge is 2.16. The molecule has 5 nitrogen and oxygen atoms in total. The molecular weight excluding hydrogens is 240 g/mol. The van der Waals surface area contributed by atoms with E-state index in [0.717, 1.165) is 64.4 Å². The zero-order chi connectivity index (χ0) is 13.7. The van der Waals surface area contributed by atoms with E-state index in [0.29, 0.717) is 0 Å². The van der Waals surface area contributed by atoms with Gasteiger partial charge in [0.15, 0.2) is 0 Å². The molecule has 0 bridgehead atoms. The highest BCUT2D eigenvalue weighted by Crippen LogP contribution is 2.08. The van der Waals surface area contributed by atoms with E-state index >= 15 is 0 Å². The lowest BCUT2D eigenvalue weighted by Crippen LogP contribution is -2.45. The van der Waals surface area contributed by atoms with Crippen molar-refractivity contribution < 1.29 is 4.79 Å². The molecule has 0 aliphatic carbocycles. The van der Waals surface area contributed by atoms with Crippen LogP contribution in [0.5, 0.6) is 0 Å². The Hall–Kier alpha value is -0.910. The first kappa shape index (κ1) is 14.5. The number of rotatable bonds is 5. The minimum atomic E-state index is 0.106. The fourth-order valence-electron chi connectivity index (χ4n) is 2.38.